The summed E-state index contributed by atoms with van der Waals surface area (Å²) in [6.07, 6.45) is 4.30. The van der Waals surface area contributed by atoms with Crippen molar-refractivity contribution in [2.24, 2.45) is 0 Å². The van der Waals surface area contributed by atoms with Crippen LogP contribution in [0.4, 0.5) is 0 Å². The van der Waals surface area contributed by atoms with Crippen molar-refractivity contribution in [1.82, 2.24) is 14.8 Å². The van der Waals surface area contributed by atoms with Crippen molar-refractivity contribution in [3.8, 4) is 11.8 Å². The second-order valence-corrected chi connectivity index (χ2v) is 7.63. The molecule has 0 radical (unpaired) electrons. The molecule has 0 saturated carbocycles. The third-order valence-corrected chi connectivity index (χ3v) is 5.70. The molecule has 2 heterocycles. The molecule has 2 unspecified atom stereocenters. The Balaban J connectivity index is 1.64. The molecule has 1 aliphatic rings. The molecule has 4 heteroatoms. The maximum atomic E-state index is 11.0. The maximum Gasteiger partial charge on any atom is 0.136 e. The highest BCUT2D eigenvalue weighted by molar-refractivity contribution is 5.32. The lowest BCUT2D eigenvalue weighted by Crippen LogP contribution is -2.54. The summed E-state index contributed by atoms with van der Waals surface area (Å²) in [5.74, 6) is 6.31. The lowest BCUT2D eigenvalue weighted by molar-refractivity contribution is -0.0511. The van der Waals surface area contributed by atoms with E-state index >= 15 is 0 Å². The van der Waals surface area contributed by atoms with Crippen LogP contribution >= 0.6 is 0 Å². The minimum absolute atomic E-state index is 0.128. The van der Waals surface area contributed by atoms with Crippen LogP contribution in [0.1, 0.15) is 29.0 Å². The summed E-state index contributed by atoms with van der Waals surface area (Å²) in [6.45, 7) is 5.97. The monoisotopic (exact) mass is 409 g/mol. The molecule has 3 aromatic rings. The van der Waals surface area contributed by atoms with Crippen molar-refractivity contribution >= 4 is 0 Å². The van der Waals surface area contributed by atoms with E-state index in [-0.39, 0.29) is 12.1 Å². The quantitative estimate of drug-likeness (QED) is 0.646. The highest BCUT2D eigenvalue weighted by Crippen LogP contribution is 2.32. The first-order valence-electron chi connectivity index (χ1n) is 10.6. The first-order valence-corrected chi connectivity index (χ1v) is 10.6. The standard InChI is InChI=1S/C27H27N3O/c1-2-3-16-25-21-29(18-19-30(25)27(31)24-15-10-17-28-20-24)26(22-11-6-4-7-12-22)23-13-8-5-9-14-23/h2,4-15,17,20,25-27,31H,1,18-19,21H2. The van der Waals surface area contributed by atoms with Gasteiger partial charge in [0, 0.05) is 37.6 Å². The van der Waals surface area contributed by atoms with Crippen LogP contribution in [-0.2, 0) is 0 Å². The fraction of sp³-hybridized carbons (Fsp3) is 0.222. The molecule has 1 fully saturated rings. The number of hydrogen-bond acceptors (Lipinski definition) is 4. The Kier molecular flexibility index (Phi) is 6.91. The van der Waals surface area contributed by atoms with Gasteiger partial charge in [0.25, 0.3) is 0 Å². The van der Waals surface area contributed by atoms with Gasteiger partial charge in [-0.3, -0.25) is 14.8 Å². The number of aromatic nitrogens is 1. The number of piperazine rings is 1. The molecule has 0 amide bonds. The smallest absolute Gasteiger partial charge is 0.136 e. The Hall–Kier alpha value is -3.23. The van der Waals surface area contributed by atoms with Crippen molar-refractivity contribution in [1.29, 1.82) is 0 Å². The van der Waals surface area contributed by atoms with Crippen molar-refractivity contribution in [2.75, 3.05) is 19.6 Å². The zero-order chi connectivity index (χ0) is 21.5. The van der Waals surface area contributed by atoms with Gasteiger partial charge < -0.3 is 5.11 Å². The van der Waals surface area contributed by atoms with E-state index in [0.717, 1.165) is 12.1 Å². The summed E-state index contributed by atoms with van der Waals surface area (Å²) >= 11 is 0. The van der Waals surface area contributed by atoms with Gasteiger partial charge in [0.1, 0.15) is 6.23 Å². The Morgan fingerprint density at radius 1 is 0.935 bits per heavy atom. The van der Waals surface area contributed by atoms with Crippen LogP contribution in [0.2, 0.25) is 0 Å². The maximum absolute atomic E-state index is 11.0. The number of benzene rings is 2. The molecule has 1 aliphatic heterocycles. The van der Waals surface area contributed by atoms with Gasteiger partial charge in [-0.05, 0) is 23.3 Å². The predicted molar refractivity (Wildman–Crippen MR) is 124 cm³/mol. The van der Waals surface area contributed by atoms with Gasteiger partial charge in [0.15, 0.2) is 0 Å². The molecule has 4 rings (SSSR count). The zero-order valence-electron chi connectivity index (χ0n) is 17.5. The lowest BCUT2D eigenvalue weighted by Gasteiger charge is -2.44. The van der Waals surface area contributed by atoms with Gasteiger partial charge in [-0.25, -0.2) is 0 Å². The minimum atomic E-state index is -0.744. The van der Waals surface area contributed by atoms with Crippen LogP contribution < -0.4 is 0 Å². The average Bonchev–Trinajstić information content (AvgIpc) is 2.84. The fourth-order valence-electron chi connectivity index (χ4n) is 4.23. The van der Waals surface area contributed by atoms with Gasteiger partial charge in [0.05, 0.1) is 12.1 Å². The van der Waals surface area contributed by atoms with Crippen LogP contribution in [0.5, 0.6) is 0 Å². The molecular weight excluding hydrogens is 382 g/mol. The summed E-state index contributed by atoms with van der Waals surface area (Å²) in [7, 11) is 0. The highest BCUT2D eigenvalue weighted by Gasteiger charge is 2.34. The largest absolute Gasteiger partial charge is 0.374 e. The van der Waals surface area contributed by atoms with E-state index in [4.69, 9.17) is 0 Å². The molecule has 0 bridgehead atoms. The second-order valence-electron chi connectivity index (χ2n) is 7.63. The summed E-state index contributed by atoms with van der Waals surface area (Å²) < 4.78 is 0. The van der Waals surface area contributed by atoms with Gasteiger partial charge >= 0.3 is 0 Å². The van der Waals surface area contributed by atoms with E-state index in [0.29, 0.717) is 13.1 Å². The number of allylic oxidation sites excluding steroid dienone is 1. The van der Waals surface area contributed by atoms with Crippen molar-refractivity contribution in [2.45, 2.75) is 18.3 Å². The number of pyridine rings is 1. The molecule has 0 aliphatic carbocycles. The molecule has 1 saturated heterocycles. The Morgan fingerprint density at radius 3 is 2.16 bits per heavy atom. The van der Waals surface area contributed by atoms with E-state index in [1.165, 1.54) is 11.1 Å². The second kappa shape index (κ2) is 10.2. The highest BCUT2D eigenvalue weighted by atomic mass is 16.3. The topological polar surface area (TPSA) is 39.6 Å². The average molecular weight is 410 g/mol. The van der Waals surface area contributed by atoms with Crippen LogP contribution in [0, 0.1) is 11.8 Å². The number of nitrogens with zero attached hydrogens (tertiary/aromatic N) is 3. The number of hydrogen-bond donors (Lipinski definition) is 1. The number of aliphatic hydroxyl groups excluding tert-OH is 1. The molecule has 2 atom stereocenters. The van der Waals surface area contributed by atoms with E-state index < -0.39 is 6.23 Å². The van der Waals surface area contributed by atoms with E-state index in [2.05, 4.69) is 81.7 Å². The molecule has 4 nitrogen and oxygen atoms in total. The van der Waals surface area contributed by atoms with Crippen LogP contribution in [0.15, 0.2) is 97.8 Å². The van der Waals surface area contributed by atoms with E-state index in [9.17, 15) is 5.11 Å². The molecule has 0 spiro atoms. The lowest BCUT2D eigenvalue weighted by atomic mass is 9.95. The first kappa shape index (κ1) is 21.0. The van der Waals surface area contributed by atoms with E-state index in [1.54, 1.807) is 18.5 Å². The molecule has 31 heavy (non-hydrogen) atoms. The first-order chi connectivity index (χ1) is 15.3. The summed E-state index contributed by atoms with van der Waals surface area (Å²) in [5.41, 5.74) is 3.29. The summed E-state index contributed by atoms with van der Waals surface area (Å²) in [4.78, 5) is 8.67. The van der Waals surface area contributed by atoms with Crippen molar-refractivity contribution < 1.29 is 5.11 Å². The van der Waals surface area contributed by atoms with Crippen molar-refractivity contribution in [3.63, 3.8) is 0 Å². The molecule has 156 valence electrons. The molecule has 1 N–H and O–H groups in total. The van der Waals surface area contributed by atoms with Gasteiger partial charge in [0.2, 0.25) is 0 Å². The van der Waals surface area contributed by atoms with Gasteiger partial charge in [-0.1, -0.05) is 85.1 Å². The van der Waals surface area contributed by atoms with Crippen LogP contribution in [-0.4, -0.2) is 45.6 Å². The third kappa shape index (κ3) is 4.92. The Morgan fingerprint density at radius 2 is 1.58 bits per heavy atom. The van der Waals surface area contributed by atoms with Crippen LogP contribution in [0.25, 0.3) is 0 Å². The Labute approximate surface area is 184 Å². The molecular formula is C27H27N3O. The van der Waals surface area contributed by atoms with Gasteiger partial charge in [-0.15, -0.1) is 0 Å². The summed E-state index contributed by atoms with van der Waals surface area (Å²) in [5, 5.41) is 11.0. The minimum Gasteiger partial charge on any atom is -0.374 e. The fourth-order valence-corrected chi connectivity index (χ4v) is 4.23. The van der Waals surface area contributed by atoms with Gasteiger partial charge in [-0.2, -0.15) is 0 Å². The zero-order valence-corrected chi connectivity index (χ0v) is 17.5. The van der Waals surface area contributed by atoms with Crippen molar-refractivity contribution in [3.05, 3.63) is 115 Å². The summed E-state index contributed by atoms with van der Waals surface area (Å²) in [6, 6.07) is 24.9. The molecule has 2 aromatic carbocycles. The van der Waals surface area contributed by atoms with E-state index in [1.807, 2.05) is 24.3 Å². The normalized spacial score (nSPS) is 18.2. The Bertz CT molecular complexity index is 988. The number of rotatable bonds is 5. The van der Waals surface area contributed by atoms with Crippen LogP contribution in [0.3, 0.4) is 0 Å². The number of aliphatic hydroxyl groups is 1. The molecule has 1 aromatic heterocycles. The third-order valence-electron chi connectivity index (χ3n) is 5.70. The predicted octanol–water partition coefficient (Wildman–Crippen LogP) is 4.04. The SMILES string of the molecule is C=CC#CC1CN(C(c2ccccc2)c2ccccc2)CCN1C(O)c1cccnc1.